The van der Waals surface area contributed by atoms with Crippen molar-refractivity contribution in [1.82, 2.24) is 5.32 Å². The fraction of sp³-hybridized carbons (Fsp3) is 0.500. The predicted octanol–water partition coefficient (Wildman–Crippen LogP) is 3.22. The number of halogens is 2. The van der Waals surface area contributed by atoms with Gasteiger partial charge in [0.25, 0.3) is 11.6 Å². The van der Waals surface area contributed by atoms with Crippen molar-refractivity contribution in [2.24, 2.45) is 0 Å². The number of amides is 1. The van der Waals surface area contributed by atoms with Gasteiger partial charge in [-0.05, 0) is 24.1 Å². The number of nitrogens with one attached hydrogen (secondary N) is 1. The number of hydrogen-bond acceptors (Lipinski definition) is 7. The molecule has 29 heavy (non-hydrogen) atoms. The van der Waals surface area contributed by atoms with E-state index in [4.69, 9.17) is 32.7 Å². The minimum atomic E-state index is -1.40. The summed E-state index contributed by atoms with van der Waals surface area (Å²) in [7, 11) is 0. The Morgan fingerprint density at radius 3 is 2.24 bits per heavy atom. The third-order valence-corrected chi connectivity index (χ3v) is 4.15. The standard InChI is InChI=1S/C18H22Cl2N2O7/c1-3-5-15(24)29-16(11-6-8-12(9-7-11)22(26)27)13(10-28-14(23)4-2)21-18(25)17(19)20/h6-9,13,16-17H,3-5,10H2,1-2H3,(H,21,25)/t13-,16-/m1/s1. The summed E-state index contributed by atoms with van der Waals surface area (Å²) in [4.78, 5) is 44.6. The number of ether oxygens (including phenoxy) is 2. The SMILES string of the molecule is CCCC(=O)O[C@H](c1ccc([N+](=O)[O-])cc1)[C@@H](COC(=O)CC)NC(=O)C(Cl)Cl. The van der Waals surface area contributed by atoms with Crippen molar-refractivity contribution in [2.75, 3.05) is 6.61 Å². The highest BCUT2D eigenvalue weighted by atomic mass is 35.5. The maximum atomic E-state index is 12.1. The molecule has 1 rings (SSSR count). The first-order valence-corrected chi connectivity index (χ1v) is 9.74. The third-order valence-electron chi connectivity index (χ3n) is 3.75. The van der Waals surface area contributed by atoms with Gasteiger partial charge < -0.3 is 14.8 Å². The lowest BCUT2D eigenvalue weighted by atomic mass is 10.0. The molecule has 2 atom stereocenters. The third kappa shape index (κ3) is 8.25. The van der Waals surface area contributed by atoms with Gasteiger partial charge in [0.15, 0.2) is 10.9 Å². The molecular formula is C18H22Cl2N2O7. The van der Waals surface area contributed by atoms with E-state index in [0.717, 1.165) is 0 Å². The molecule has 0 heterocycles. The van der Waals surface area contributed by atoms with Crippen molar-refractivity contribution in [3.63, 3.8) is 0 Å². The Balaban J connectivity index is 3.23. The summed E-state index contributed by atoms with van der Waals surface area (Å²) in [5.41, 5.74) is 0.200. The zero-order valence-corrected chi connectivity index (χ0v) is 17.4. The average Bonchev–Trinajstić information content (AvgIpc) is 2.69. The van der Waals surface area contributed by atoms with Crippen LogP contribution in [0.3, 0.4) is 0 Å². The molecule has 0 spiro atoms. The van der Waals surface area contributed by atoms with Crippen LogP contribution < -0.4 is 5.32 Å². The molecule has 11 heteroatoms. The minimum Gasteiger partial charge on any atom is -0.463 e. The molecule has 1 amide bonds. The summed E-state index contributed by atoms with van der Waals surface area (Å²) in [5, 5.41) is 13.4. The Morgan fingerprint density at radius 1 is 1.14 bits per heavy atom. The monoisotopic (exact) mass is 448 g/mol. The number of nitrogens with zero attached hydrogens (tertiary/aromatic N) is 1. The van der Waals surface area contributed by atoms with Gasteiger partial charge in [-0.3, -0.25) is 24.5 Å². The highest BCUT2D eigenvalue weighted by Crippen LogP contribution is 2.26. The summed E-state index contributed by atoms with van der Waals surface area (Å²) in [6.07, 6.45) is -0.340. The van der Waals surface area contributed by atoms with E-state index in [1.807, 2.05) is 0 Å². The van der Waals surface area contributed by atoms with Crippen LogP contribution in [0.2, 0.25) is 0 Å². The molecule has 1 N–H and O–H groups in total. The molecule has 0 bridgehead atoms. The van der Waals surface area contributed by atoms with Gasteiger partial charge in [0.2, 0.25) is 0 Å². The first kappa shape index (κ1) is 24.6. The molecule has 1 aromatic rings. The van der Waals surface area contributed by atoms with Gasteiger partial charge >= 0.3 is 11.9 Å². The molecule has 0 unspecified atom stereocenters. The fourth-order valence-electron chi connectivity index (χ4n) is 2.31. The Kier molecular flexibility index (Phi) is 10.4. The second-order valence-electron chi connectivity index (χ2n) is 5.96. The fourth-order valence-corrected chi connectivity index (χ4v) is 2.43. The van der Waals surface area contributed by atoms with Gasteiger partial charge in [0, 0.05) is 25.0 Å². The predicted molar refractivity (Wildman–Crippen MR) is 106 cm³/mol. The van der Waals surface area contributed by atoms with Gasteiger partial charge in [-0.15, -0.1) is 0 Å². The van der Waals surface area contributed by atoms with Crippen LogP contribution in [0.15, 0.2) is 24.3 Å². The number of non-ortho nitro benzene ring substituents is 1. The van der Waals surface area contributed by atoms with Gasteiger partial charge in [-0.1, -0.05) is 37.0 Å². The van der Waals surface area contributed by atoms with Crippen LogP contribution >= 0.6 is 23.2 Å². The van der Waals surface area contributed by atoms with E-state index in [9.17, 15) is 24.5 Å². The maximum Gasteiger partial charge on any atom is 0.306 e. The van der Waals surface area contributed by atoms with Crippen LogP contribution in [0, 0.1) is 10.1 Å². The molecule has 0 aliphatic carbocycles. The zero-order valence-electron chi connectivity index (χ0n) is 15.9. The van der Waals surface area contributed by atoms with Crippen molar-refractivity contribution in [1.29, 1.82) is 0 Å². The van der Waals surface area contributed by atoms with Crippen LogP contribution in [0.25, 0.3) is 0 Å². The number of nitro benzene ring substituents is 1. The smallest absolute Gasteiger partial charge is 0.306 e. The zero-order chi connectivity index (χ0) is 22.0. The van der Waals surface area contributed by atoms with Crippen LogP contribution in [0.4, 0.5) is 5.69 Å². The van der Waals surface area contributed by atoms with E-state index < -0.39 is 39.8 Å². The molecule has 0 saturated heterocycles. The van der Waals surface area contributed by atoms with Crippen molar-refractivity contribution in [3.05, 3.63) is 39.9 Å². The molecule has 1 aromatic carbocycles. The number of carbonyl (C=O) groups excluding carboxylic acids is 3. The van der Waals surface area contributed by atoms with E-state index in [1.54, 1.807) is 13.8 Å². The van der Waals surface area contributed by atoms with E-state index in [1.165, 1.54) is 24.3 Å². The number of hydrogen-bond donors (Lipinski definition) is 1. The molecular weight excluding hydrogens is 427 g/mol. The molecule has 0 radical (unpaired) electrons. The van der Waals surface area contributed by atoms with Gasteiger partial charge in [0.05, 0.1) is 4.92 Å². The van der Waals surface area contributed by atoms with Crippen molar-refractivity contribution < 1.29 is 28.8 Å². The van der Waals surface area contributed by atoms with Crippen molar-refractivity contribution in [2.45, 2.75) is 50.1 Å². The number of alkyl halides is 2. The average molecular weight is 449 g/mol. The van der Waals surface area contributed by atoms with E-state index >= 15 is 0 Å². The minimum absolute atomic E-state index is 0.103. The van der Waals surface area contributed by atoms with Crippen LogP contribution in [0.1, 0.15) is 44.8 Å². The topological polar surface area (TPSA) is 125 Å². The maximum absolute atomic E-state index is 12.1. The number of nitro groups is 1. The van der Waals surface area contributed by atoms with Gasteiger partial charge in [-0.25, -0.2) is 0 Å². The normalized spacial score (nSPS) is 12.7. The van der Waals surface area contributed by atoms with Crippen molar-refractivity contribution in [3.8, 4) is 0 Å². The molecule has 0 aromatic heterocycles. The van der Waals surface area contributed by atoms with E-state index in [-0.39, 0.29) is 25.1 Å². The lowest BCUT2D eigenvalue weighted by Crippen LogP contribution is -2.46. The Morgan fingerprint density at radius 2 is 1.76 bits per heavy atom. The first-order chi connectivity index (χ1) is 13.7. The van der Waals surface area contributed by atoms with Crippen LogP contribution in [0.5, 0.6) is 0 Å². The molecule has 9 nitrogen and oxygen atoms in total. The largest absolute Gasteiger partial charge is 0.463 e. The Hall–Kier alpha value is -2.39. The molecule has 0 aliphatic heterocycles. The highest BCUT2D eigenvalue weighted by Gasteiger charge is 2.31. The second-order valence-corrected chi connectivity index (χ2v) is 7.06. The number of carbonyl (C=O) groups is 3. The molecule has 160 valence electrons. The van der Waals surface area contributed by atoms with E-state index in [2.05, 4.69) is 5.32 Å². The summed E-state index contributed by atoms with van der Waals surface area (Å²) < 4.78 is 10.6. The van der Waals surface area contributed by atoms with Crippen LogP contribution in [-0.4, -0.2) is 40.3 Å². The van der Waals surface area contributed by atoms with Crippen molar-refractivity contribution >= 4 is 46.7 Å². The molecule has 0 saturated carbocycles. The van der Waals surface area contributed by atoms with E-state index in [0.29, 0.717) is 12.0 Å². The highest BCUT2D eigenvalue weighted by molar-refractivity contribution is 6.53. The molecule has 0 fully saturated rings. The van der Waals surface area contributed by atoms with Gasteiger partial charge in [-0.2, -0.15) is 0 Å². The lowest BCUT2D eigenvalue weighted by molar-refractivity contribution is -0.384. The summed E-state index contributed by atoms with van der Waals surface area (Å²) >= 11 is 11.2. The summed E-state index contributed by atoms with van der Waals surface area (Å²) in [6.45, 7) is 3.06. The first-order valence-electron chi connectivity index (χ1n) is 8.87. The summed E-state index contributed by atoms with van der Waals surface area (Å²) in [6, 6.07) is 4.24. The summed E-state index contributed by atoms with van der Waals surface area (Å²) in [5.74, 6) is -1.85. The number of esters is 2. The van der Waals surface area contributed by atoms with Crippen LogP contribution in [-0.2, 0) is 23.9 Å². The Bertz CT molecular complexity index is 725. The second kappa shape index (κ2) is 12.2. The lowest BCUT2D eigenvalue weighted by Gasteiger charge is -2.28. The molecule has 0 aliphatic rings. The number of rotatable bonds is 11. The quantitative estimate of drug-likeness (QED) is 0.238. The van der Waals surface area contributed by atoms with Gasteiger partial charge in [0.1, 0.15) is 12.6 Å². The number of benzene rings is 1. The Labute approximate surface area is 177 Å².